The van der Waals surface area contributed by atoms with E-state index < -0.39 is 24.4 Å². The number of carbonyl (C=O) groups is 3. The van der Waals surface area contributed by atoms with Crippen molar-refractivity contribution in [3.8, 4) is 0 Å². The summed E-state index contributed by atoms with van der Waals surface area (Å²) in [6, 6.07) is 5.37. The van der Waals surface area contributed by atoms with Crippen LogP contribution in [0.4, 0.5) is 4.39 Å². The zero-order valence-electron chi connectivity index (χ0n) is 14.4. The van der Waals surface area contributed by atoms with Crippen molar-refractivity contribution in [2.24, 2.45) is 5.92 Å². The molecule has 1 aromatic carbocycles. The van der Waals surface area contributed by atoms with E-state index in [1.165, 1.54) is 24.3 Å². The van der Waals surface area contributed by atoms with Crippen molar-refractivity contribution < 1.29 is 28.2 Å². The molecular formula is C18H22FNO5. The molecule has 0 saturated carbocycles. The number of hydrogen-bond donors (Lipinski definition) is 0. The lowest BCUT2D eigenvalue weighted by Crippen LogP contribution is -2.40. The second-order valence-electron chi connectivity index (χ2n) is 6.22. The number of halogens is 1. The van der Waals surface area contributed by atoms with Gasteiger partial charge in [0.25, 0.3) is 5.91 Å². The first-order valence-corrected chi connectivity index (χ1v) is 8.27. The predicted octanol–water partition coefficient (Wildman–Crippen LogP) is 2.17. The van der Waals surface area contributed by atoms with Gasteiger partial charge < -0.3 is 14.4 Å². The number of benzene rings is 1. The standard InChI is InChI=1S/C18H22FNO5/c1-12(2)25-16(21)11-24-18(23)14-7-9-20(10-8-14)17(22)13-3-5-15(19)6-4-13/h3-6,12,14H,7-11H2,1-2H3. The summed E-state index contributed by atoms with van der Waals surface area (Å²) in [5.41, 5.74) is 0.416. The molecule has 6 nitrogen and oxygen atoms in total. The van der Waals surface area contributed by atoms with Crippen molar-refractivity contribution in [2.45, 2.75) is 32.8 Å². The van der Waals surface area contributed by atoms with Gasteiger partial charge in [0.1, 0.15) is 5.82 Å². The second kappa shape index (κ2) is 8.60. The van der Waals surface area contributed by atoms with E-state index in [1.807, 2.05) is 0 Å². The van der Waals surface area contributed by atoms with Gasteiger partial charge in [0, 0.05) is 18.7 Å². The summed E-state index contributed by atoms with van der Waals surface area (Å²) in [6.07, 6.45) is 0.669. The van der Waals surface area contributed by atoms with E-state index >= 15 is 0 Å². The molecule has 25 heavy (non-hydrogen) atoms. The first-order chi connectivity index (χ1) is 11.9. The van der Waals surface area contributed by atoms with E-state index in [0.717, 1.165) is 0 Å². The Balaban J connectivity index is 1.78. The van der Waals surface area contributed by atoms with E-state index in [9.17, 15) is 18.8 Å². The van der Waals surface area contributed by atoms with Crippen LogP contribution < -0.4 is 0 Å². The van der Waals surface area contributed by atoms with Crippen LogP contribution in [0.15, 0.2) is 24.3 Å². The molecule has 1 aliphatic heterocycles. The molecular weight excluding hydrogens is 329 g/mol. The van der Waals surface area contributed by atoms with Gasteiger partial charge in [0.15, 0.2) is 6.61 Å². The number of esters is 2. The Morgan fingerprint density at radius 3 is 2.32 bits per heavy atom. The second-order valence-corrected chi connectivity index (χ2v) is 6.22. The van der Waals surface area contributed by atoms with Crippen LogP contribution in [0, 0.1) is 11.7 Å². The summed E-state index contributed by atoms with van der Waals surface area (Å²) in [5.74, 6) is -1.95. The number of ether oxygens (including phenoxy) is 2. The Kier molecular flexibility index (Phi) is 6.50. The van der Waals surface area contributed by atoms with Crippen LogP contribution in [0.25, 0.3) is 0 Å². The minimum atomic E-state index is -0.577. The Morgan fingerprint density at radius 2 is 1.76 bits per heavy atom. The van der Waals surface area contributed by atoms with Gasteiger partial charge in [0.2, 0.25) is 0 Å². The lowest BCUT2D eigenvalue weighted by atomic mass is 9.96. The summed E-state index contributed by atoms with van der Waals surface area (Å²) in [5, 5.41) is 0. The average molecular weight is 351 g/mol. The molecule has 0 unspecified atom stereocenters. The SMILES string of the molecule is CC(C)OC(=O)COC(=O)C1CCN(C(=O)c2ccc(F)cc2)CC1. The van der Waals surface area contributed by atoms with Gasteiger partial charge >= 0.3 is 11.9 Å². The summed E-state index contributed by atoms with van der Waals surface area (Å²) < 4.78 is 22.8. The molecule has 1 saturated heterocycles. The summed E-state index contributed by atoms with van der Waals surface area (Å²) >= 11 is 0. The molecule has 1 amide bonds. The third-order valence-corrected chi connectivity index (χ3v) is 3.91. The fraction of sp³-hybridized carbons (Fsp3) is 0.500. The number of hydrogen-bond acceptors (Lipinski definition) is 5. The Morgan fingerprint density at radius 1 is 1.16 bits per heavy atom. The zero-order valence-corrected chi connectivity index (χ0v) is 14.4. The van der Waals surface area contributed by atoms with Crippen molar-refractivity contribution in [3.63, 3.8) is 0 Å². The third kappa shape index (κ3) is 5.55. The van der Waals surface area contributed by atoms with Crippen LogP contribution in [0.2, 0.25) is 0 Å². The molecule has 0 bridgehead atoms. The number of amides is 1. The Hall–Kier alpha value is -2.44. The largest absolute Gasteiger partial charge is 0.460 e. The highest BCUT2D eigenvalue weighted by Crippen LogP contribution is 2.20. The molecule has 1 aliphatic rings. The average Bonchev–Trinajstić information content (AvgIpc) is 2.59. The lowest BCUT2D eigenvalue weighted by Gasteiger charge is -2.31. The minimum absolute atomic E-state index is 0.188. The molecule has 0 atom stereocenters. The van der Waals surface area contributed by atoms with E-state index in [4.69, 9.17) is 9.47 Å². The van der Waals surface area contributed by atoms with Gasteiger partial charge in [-0.1, -0.05) is 0 Å². The summed E-state index contributed by atoms with van der Waals surface area (Å²) in [7, 11) is 0. The first kappa shape index (κ1) is 18.9. The van der Waals surface area contributed by atoms with Crippen molar-refractivity contribution in [1.82, 2.24) is 4.90 Å². The molecule has 0 spiro atoms. The van der Waals surface area contributed by atoms with Gasteiger partial charge in [-0.2, -0.15) is 0 Å². The number of piperidine rings is 1. The maximum Gasteiger partial charge on any atom is 0.344 e. The van der Waals surface area contributed by atoms with Crippen molar-refractivity contribution in [2.75, 3.05) is 19.7 Å². The molecule has 2 rings (SSSR count). The molecule has 1 aromatic rings. The van der Waals surface area contributed by atoms with E-state index in [2.05, 4.69) is 0 Å². The molecule has 0 radical (unpaired) electrons. The normalized spacial score (nSPS) is 15.1. The number of nitrogens with zero attached hydrogens (tertiary/aromatic N) is 1. The maximum absolute atomic E-state index is 12.9. The highest BCUT2D eigenvalue weighted by molar-refractivity contribution is 5.94. The zero-order chi connectivity index (χ0) is 18.4. The lowest BCUT2D eigenvalue weighted by molar-refractivity contribution is -0.164. The fourth-order valence-electron chi connectivity index (χ4n) is 2.64. The minimum Gasteiger partial charge on any atom is -0.460 e. The van der Waals surface area contributed by atoms with Crippen LogP contribution in [-0.2, 0) is 19.1 Å². The highest BCUT2D eigenvalue weighted by Gasteiger charge is 2.29. The monoisotopic (exact) mass is 351 g/mol. The van der Waals surface area contributed by atoms with Crippen LogP contribution in [0.5, 0.6) is 0 Å². The predicted molar refractivity (Wildman–Crippen MR) is 87.2 cm³/mol. The van der Waals surface area contributed by atoms with Crippen LogP contribution in [0.3, 0.4) is 0 Å². The topological polar surface area (TPSA) is 72.9 Å². The fourth-order valence-corrected chi connectivity index (χ4v) is 2.64. The first-order valence-electron chi connectivity index (χ1n) is 8.27. The molecule has 0 N–H and O–H groups in total. The van der Waals surface area contributed by atoms with E-state index in [0.29, 0.717) is 31.5 Å². The third-order valence-electron chi connectivity index (χ3n) is 3.91. The smallest absolute Gasteiger partial charge is 0.344 e. The van der Waals surface area contributed by atoms with Crippen molar-refractivity contribution in [3.05, 3.63) is 35.6 Å². The van der Waals surface area contributed by atoms with Crippen LogP contribution >= 0.6 is 0 Å². The molecule has 7 heteroatoms. The van der Waals surface area contributed by atoms with Gasteiger partial charge in [-0.05, 0) is 51.0 Å². The van der Waals surface area contributed by atoms with Crippen LogP contribution in [-0.4, -0.2) is 48.5 Å². The Bertz CT molecular complexity index is 621. The number of carbonyl (C=O) groups excluding carboxylic acids is 3. The number of likely N-dealkylation sites (tertiary alicyclic amines) is 1. The molecule has 0 aromatic heterocycles. The van der Waals surface area contributed by atoms with Gasteiger partial charge in [-0.15, -0.1) is 0 Å². The highest BCUT2D eigenvalue weighted by atomic mass is 19.1. The van der Waals surface area contributed by atoms with Gasteiger partial charge in [0.05, 0.1) is 12.0 Å². The quantitative estimate of drug-likeness (QED) is 0.760. The number of rotatable bonds is 5. The van der Waals surface area contributed by atoms with E-state index in [1.54, 1.807) is 18.7 Å². The molecule has 136 valence electrons. The van der Waals surface area contributed by atoms with Crippen molar-refractivity contribution >= 4 is 17.8 Å². The van der Waals surface area contributed by atoms with Crippen LogP contribution in [0.1, 0.15) is 37.0 Å². The molecule has 1 heterocycles. The van der Waals surface area contributed by atoms with Gasteiger partial charge in [-0.25, -0.2) is 9.18 Å². The summed E-state index contributed by atoms with van der Waals surface area (Å²) in [6.45, 7) is 3.85. The van der Waals surface area contributed by atoms with Crippen molar-refractivity contribution in [1.29, 1.82) is 0 Å². The molecule has 1 fully saturated rings. The Labute approximate surface area is 145 Å². The molecule has 0 aliphatic carbocycles. The maximum atomic E-state index is 12.9. The van der Waals surface area contributed by atoms with Gasteiger partial charge in [-0.3, -0.25) is 9.59 Å². The summed E-state index contributed by atoms with van der Waals surface area (Å²) in [4.78, 5) is 37.3. The van der Waals surface area contributed by atoms with E-state index in [-0.39, 0.29) is 17.9 Å².